The van der Waals surface area contributed by atoms with Gasteiger partial charge in [-0.2, -0.15) is 4.98 Å². The number of aromatic nitrogens is 3. The van der Waals surface area contributed by atoms with Crippen molar-refractivity contribution in [1.82, 2.24) is 20.5 Å². The number of hydrogen-bond acceptors (Lipinski definition) is 6. The molecule has 5 N–H and O–H groups in total. The van der Waals surface area contributed by atoms with Crippen molar-refractivity contribution in [3.05, 3.63) is 46.4 Å². The van der Waals surface area contributed by atoms with Crippen LogP contribution in [-0.2, 0) is 0 Å². The Hall–Kier alpha value is -2.48. The number of benzene rings is 2. The van der Waals surface area contributed by atoms with Crippen molar-refractivity contribution in [3.63, 3.8) is 0 Å². The molecule has 0 aliphatic carbocycles. The molecule has 1 aliphatic heterocycles. The number of ether oxygens (including phenoxy) is 1. The fourth-order valence-corrected chi connectivity index (χ4v) is 3.89. The van der Waals surface area contributed by atoms with Gasteiger partial charge in [-0.1, -0.05) is 35.3 Å². The van der Waals surface area contributed by atoms with Crippen LogP contribution in [0.5, 0.6) is 5.75 Å². The Morgan fingerprint density at radius 2 is 1.75 bits per heavy atom. The van der Waals surface area contributed by atoms with E-state index in [0.29, 0.717) is 21.7 Å². The third-order valence-corrected chi connectivity index (χ3v) is 5.13. The van der Waals surface area contributed by atoms with E-state index in [1.807, 2.05) is 24.3 Å². The lowest BCUT2D eigenvalue weighted by Crippen LogP contribution is -2.34. The van der Waals surface area contributed by atoms with Gasteiger partial charge in [0.1, 0.15) is 11.9 Å². The molecule has 0 saturated carbocycles. The highest BCUT2D eigenvalue weighted by atomic mass is 35.5. The van der Waals surface area contributed by atoms with Crippen LogP contribution < -0.4 is 21.1 Å². The number of H-pyrrole nitrogens is 1. The first-order valence-electron chi connectivity index (χ1n) is 9.00. The van der Waals surface area contributed by atoms with Crippen LogP contribution in [0.3, 0.4) is 0 Å². The maximum absolute atomic E-state index is 6.50. The second-order valence-corrected chi connectivity index (χ2v) is 7.39. The third-order valence-electron chi connectivity index (χ3n) is 4.53. The lowest BCUT2D eigenvalue weighted by molar-refractivity contribution is 0.162. The maximum Gasteiger partial charge on any atom is 0.248 e. The minimum atomic E-state index is 0.225. The molecule has 28 heavy (non-hydrogen) atoms. The molecule has 1 aromatic heterocycles. The largest absolute Gasteiger partial charge is 0.490 e. The van der Waals surface area contributed by atoms with Crippen molar-refractivity contribution in [2.24, 2.45) is 0 Å². The summed E-state index contributed by atoms with van der Waals surface area (Å²) < 4.78 is 6.05. The second-order valence-electron chi connectivity index (χ2n) is 6.58. The smallest absolute Gasteiger partial charge is 0.248 e. The number of hydrogen-bond donors (Lipinski definition) is 4. The van der Waals surface area contributed by atoms with Crippen molar-refractivity contribution in [2.75, 3.05) is 24.1 Å². The van der Waals surface area contributed by atoms with Crippen LogP contribution in [0.15, 0.2) is 36.4 Å². The summed E-state index contributed by atoms with van der Waals surface area (Å²) in [4.78, 5) is 4.00. The molecule has 9 heteroatoms. The molecule has 2 heterocycles. The number of anilines is 3. The summed E-state index contributed by atoms with van der Waals surface area (Å²) in [6.45, 7) is 1.99. The van der Waals surface area contributed by atoms with Gasteiger partial charge in [0.05, 0.1) is 10.0 Å². The van der Waals surface area contributed by atoms with E-state index in [-0.39, 0.29) is 12.1 Å². The Morgan fingerprint density at radius 1 is 1.07 bits per heavy atom. The molecule has 0 atom stereocenters. The van der Waals surface area contributed by atoms with Crippen molar-refractivity contribution < 1.29 is 4.74 Å². The Kier molecular flexibility index (Phi) is 5.57. The van der Waals surface area contributed by atoms with Gasteiger partial charge in [0.25, 0.3) is 0 Å². The molecule has 0 radical (unpaired) electrons. The monoisotopic (exact) mass is 418 g/mol. The van der Waals surface area contributed by atoms with Gasteiger partial charge >= 0.3 is 0 Å². The Labute approximate surface area is 172 Å². The molecule has 0 spiro atoms. The van der Waals surface area contributed by atoms with Gasteiger partial charge in [-0.3, -0.25) is 0 Å². The van der Waals surface area contributed by atoms with Crippen LogP contribution in [0.4, 0.5) is 17.6 Å². The van der Waals surface area contributed by atoms with Gasteiger partial charge in [-0.15, -0.1) is 5.10 Å². The molecule has 0 bridgehead atoms. The molecule has 7 nitrogen and oxygen atoms in total. The summed E-state index contributed by atoms with van der Waals surface area (Å²) in [5.41, 5.74) is 7.88. The number of halogens is 2. The van der Waals surface area contributed by atoms with Crippen LogP contribution in [0.1, 0.15) is 12.8 Å². The fraction of sp³-hybridized carbons (Fsp3) is 0.263. The molecular formula is C19H20Cl2N6O. The number of rotatable bonds is 5. The van der Waals surface area contributed by atoms with Crippen molar-refractivity contribution in [1.29, 1.82) is 0 Å². The molecule has 0 amide bonds. The number of nitrogens with one attached hydrogen (secondary N) is 3. The Morgan fingerprint density at radius 3 is 2.36 bits per heavy atom. The first-order chi connectivity index (χ1) is 13.6. The zero-order chi connectivity index (χ0) is 19.5. The lowest BCUT2D eigenvalue weighted by Gasteiger charge is -2.24. The SMILES string of the molecule is Nc1nc(Nc2cc(Cl)c(-c3ccc(OC4CCNCC4)cc3)c(Cl)c2)n[nH]1. The van der Waals surface area contributed by atoms with Crippen molar-refractivity contribution in [3.8, 4) is 16.9 Å². The van der Waals surface area contributed by atoms with Gasteiger partial charge in [-0.25, -0.2) is 5.10 Å². The molecule has 146 valence electrons. The normalized spacial score (nSPS) is 14.8. The average Bonchev–Trinajstić information content (AvgIpc) is 3.08. The number of piperidine rings is 1. The highest BCUT2D eigenvalue weighted by molar-refractivity contribution is 6.39. The summed E-state index contributed by atoms with van der Waals surface area (Å²) in [5, 5.41) is 13.9. The van der Waals surface area contributed by atoms with E-state index in [0.717, 1.165) is 42.8 Å². The molecular weight excluding hydrogens is 399 g/mol. The first kappa shape index (κ1) is 18.9. The van der Waals surface area contributed by atoms with Gasteiger partial charge < -0.3 is 21.1 Å². The standard InChI is InChI=1S/C19H20Cl2N6O/c20-15-9-12(24-19-25-18(22)26-27-19)10-16(21)17(15)11-1-3-13(4-2-11)28-14-5-7-23-8-6-14/h1-4,9-10,14,23H,5-8H2,(H4,22,24,25,26,27). The number of nitrogens with two attached hydrogens (primary N) is 1. The minimum absolute atomic E-state index is 0.225. The van der Waals surface area contributed by atoms with Gasteiger partial charge in [0, 0.05) is 11.3 Å². The van der Waals surface area contributed by atoms with E-state index < -0.39 is 0 Å². The van der Waals surface area contributed by atoms with E-state index >= 15 is 0 Å². The maximum atomic E-state index is 6.50. The molecule has 2 aromatic carbocycles. The second kappa shape index (κ2) is 8.26. The minimum Gasteiger partial charge on any atom is -0.490 e. The molecule has 0 unspecified atom stereocenters. The molecule has 1 fully saturated rings. The predicted octanol–water partition coefficient (Wildman–Crippen LogP) is 4.24. The van der Waals surface area contributed by atoms with Gasteiger partial charge in [-0.05, 0) is 55.8 Å². The molecule has 1 aliphatic rings. The van der Waals surface area contributed by atoms with Crippen LogP contribution in [0.2, 0.25) is 10.0 Å². The lowest BCUT2D eigenvalue weighted by atomic mass is 10.0. The van der Waals surface area contributed by atoms with Crippen LogP contribution in [-0.4, -0.2) is 34.4 Å². The summed E-state index contributed by atoms with van der Waals surface area (Å²) >= 11 is 13.0. The highest BCUT2D eigenvalue weighted by Gasteiger charge is 2.15. The quantitative estimate of drug-likeness (QED) is 0.494. The predicted molar refractivity (Wildman–Crippen MR) is 112 cm³/mol. The van der Waals surface area contributed by atoms with E-state index in [4.69, 9.17) is 33.7 Å². The van der Waals surface area contributed by atoms with E-state index in [2.05, 4.69) is 25.8 Å². The van der Waals surface area contributed by atoms with E-state index in [1.165, 1.54) is 0 Å². The zero-order valence-electron chi connectivity index (χ0n) is 15.0. The Balaban J connectivity index is 1.51. The number of nitrogen functional groups attached to an aromatic ring is 1. The third kappa shape index (κ3) is 4.32. The highest BCUT2D eigenvalue weighted by Crippen LogP contribution is 2.38. The topological polar surface area (TPSA) is 101 Å². The van der Waals surface area contributed by atoms with Crippen molar-refractivity contribution in [2.45, 2.75) is 18.9 Å². The number of nitrogens with zero attached hydrogens (tertiary/aromatic N) is 2. The van der Waals surface area contributed by atoms with Crippen LogP contribution >= 0.6 is 23.2 Å². The Bertz CT molecular complexity index is 930. The molecule has 1 saturated heterocycles. The van der Waals surface area contributed by atoms with E-state index in [9.17, 15) is 0 Å². The summed E-state index contributed by atoms with van der Waals surface area (Å²) in [6, 6.07) is 11.4. The first-order valence-corrected chi connectivity index (χ1v) is 9.76. The summed E-state index contributed by atoms with van der Waals surface area (Å²) in [5.74, 6) is 1.42. The number of aromatic amines is 1. The van der Waals surface area contributed by atoms with E-state index in [1.54, 1.807) is 12.1 Å². The molecule has 3 aromatic rings. The van der Waals surface area contributed by atoms with Crippen molar-refractivity contribution >= 4 is 40.8 Å². The van der Waals surface area contributed by atoms with Gasteiger partial charge in [0.15, 0.2) is 0 Å². The van der Waals surface area contributed by atoms with Crippen LogP contribution in [0.25, 0.3) is 11.1 Å². The van der Waals surface area contributed by atoms with Crippen LogP contribution in [0, 0.1) is 0 Å². The summed E-state index contributed by atoms with van der Waals surface area (Å²) in [6.07, 6.45) is 2.30. The fourth-order valence-electron chi connectivity index (χ4n) is 3.19. The molecule has 4 rings (SSSR count). The average molecular weight is 419 g/mol. The zero-order valence-corrected chi connectivity index (χ0v) is 16.5. The van der Waals surface area contributed by atoms with Gasteiger partial charge in [0.2, 0.25) is 11.9 Å². The summed E-state index contributed by atoms with van der Waals surface area (Å²) in [7, 11) is 0.